The predicted octanol–water partition coefficient (Wildman–Crippen LogP) is 3.31. The zero-order valence-corrected chi connectivity index (χ0v) is 10.6. The summed E-state index contributed by atoms with van der Waals surface area (Å²) < 4.78 is 0. The standard InChI is InChI=1S/C9H9Cl2NO.C2H6/c1-12-9(13)4-6-2-3-7(10)5-8(6)11;1-2/h2-3,5H,4H2,1H3,(H,12,13);1-2H3. The molecule has 1 amide bonds. The Bertz CT molecular complexity index is 326. The summed E-state index contributed by atoms with van der Waals surface area (Å²) in [5.41, 5.74) is 0.783. The Labute approximate surface area is 101 Å². The van der Waals surface area contributed by atoms with Gasteiger partial charge in [0.1, 0.15) is 0 Å². The van der Waals surface area contributed by atoms with Crippen LogP contribution >= 0.6 is 23.2 Å². The van der Waals surface area contributed by atoms with E-state index < -0.39 is 0 Å². The van der Waals surface area contributed by atoms with Crippen molar-refractivity contribution in [2.45, 2.75) is 20.3 Å². The monoisotopic (exact) mass is 247 g/mol. The number of hydrogen-bond acceptors (Lipinski definition) is 1. The number of nitrogens with one attached hydrogen (secondary N) is 1. The first-order chi connectivity index (χ1) is 7.13. The fourth-order valence-electron chi connectivity index (χ4n) is 0.926. The molecule has 0 aliphatic rings. The fourth-order valence-corrected chi connectivity index (χ4v) is 1.40. The van der Waals surface area contributed by atoms with Gasteiger partial charge in [0.25, 0.3) is 0 Å². The van der Waals surface area contributed by atoms with E-state index in [-0.39, 0.29) is 12.3 Å². The van der Waals surface area contributed by atoms with E-state index in [0.717, 1.165) is 5.56 Å². The maximum absolute atomic E-state index is 11.0. The molecule has 1 rings (SSSR count). The van der Waals surface area contributed by atoms with Crippen LogP contribution in [0.3, 0.4) is 0 Å². The van der Waals surface area contributed by atoms with E-state index in [4.69, 9.17) is 23.2 Å². The molecule has 4 heteroatoms. The third kappa shape index (κ3) is 5.05. The molecule has 0 radical (unpaired) electrons. The summed E-state index contributed by atoms with van der Waals surface area (Å²) in [4.78, 5) is 11.0. The molecule has 0 saturated heterocycles. The molecule has 0 aliphatic heterocycles. The molecule has 1 N–H and O–H groups in total. The van der Waals surface area contributed by atoms with Crippen LogP contribution in [0.15, 0.2) is 18.2 Å². The van der Waals surface area contributed by atoms with Gasteiger partial charge < -0.3 is 5.32 Å². The first-order valence-corrected chi connectivity index (χ1v) is 5.53. The molecule has 0 fully saturated rings. The Hall–Kier alpha value is -0.730. The number of carbonyl (C=O) groups is 1. The minimum absolute atomic E-state index is 0.0655. The zero-order valence-electron chi connectivity index (χ0n) is 9.10. The highest BCUT2D eigenvalue weighted by Crippen LogP contribution is 2.21. The Morgan fingerprint density at radius 2 is 1.93 bits per heavy atom. The third-order valence-electron chi connectivity index (χ3n) is 1.64. The molecule has 0 unspecified atom stereocenters. The highest BCUT2D eigenvalue weighted by Gasteiger charge is 2.05. The third-order valence-corrected chi connectivity index (χ3v) is 2.23. The Balaban J connectivity index is 0.000000921. The van der Waals surface area contributed by atoms with Crippen molar-refractivity contribution < 1.29 is 4.79 Å². The van der Waals surface area contributed by atoms with E-state index >= 15 is 0 Å². The average Bonchev–Trinajstić information content (AvgIpc) is 2.25. The topological polar surface area (TPSA) is 29.1 Å². The van der Waals surface area contributed by atoms with Gasteiger partial charge >= 0.3 is 0 Å². The second-order valence-electron chi connectivity index (χ2n) is 2.59. The van der Waals surface area contributed by atoms with E-state index in [0.29, 0.717) is 10.0 Å². The number of halogens is 2. The molecule has 0 atom stereocenters. The Morgan fingerprint density at radius 1 is 1.33 bits per heavy atom. The Morgan fingerprint density at radius 3 is 2.40 bits per heavy atom. The Kier molecular flexibility index (Phi) is 7.18. The lowest BCUT2D eigenvalue weighted by molar-refractivity contribution is -0.119. The van der Waals surface area contributed by atoms with Gasteiger partial charge in [0, 0.05) is 17.1 Å². The van der Waals surface area contributed by atoms with Gasteiger partial charge in [-0.15, -0.1) is 0 Å². The summed E-state index contributed by atoms with van der Waals surface area (Å²) >= 11 is 11.6. The summed E-state index contributed by atoms with van der Waals surface area (Å²) in [5, 5.41) is 3.62. The van der Waals surface area contributed by atoms with Crippen molar-refractivity contribution in [1.29, 1.82) is 0 Å². The van der Waals surface area contributed by atoms with E-state index in [2.05, 4.69) is 5.32 Å². The zero-order chi connectivity index (χ0) is 11.8. The predicted molar refractivity (Wildman–Crippen MR) is 65.6 cm³/mol. The van der Waals surface area contributed by atoms with Crippen LogP contribution in [0.25, 0.3) is 0 Å². The first kappa shape index (κ1) is 14.3. The molecule has 0 aromatic heterocycles. The maximum atomic E-state index is 11.0. The summed E-state index contributed by atoms with van der Waals surface area (Å²) in [7, 11) is 1.59. The van der Waals surface area contributed by atoms with Gasteiger partial charge in [0.2, 0.25) is 5.91 Å². The van der Waals surface area contributed by atoms with Crippen LogP contribution in [0.1, 0.15) is 19.4 Å². The molecule has 0 bridgehead atoms. The number of benzene rings is 1. The number of hydrogen-bond donors (Lipinski definition) is 1. The van der Waals surface area contributed by atoms with Gasteiger partial charge in [-0.2, -0.15) is 0 Å². The fraction of sp³-hybridized carbons (Fsp3) is 0.364. The lowest BCUT2D eigenvalue weighted by Gasteiger charge is -2.03. The molecule has 2 nitrogen and oxygen atoms in total. The molecule has 15 heavy (non-hydrogen) atoms. The van der Waals surface area contributed by atoms with Gasteiger partial charge in [-0.25, -0.2) is 0 Å². The number of likely N-dealkylation sites (N-methyl/N-ethyl adjacent to an activating group) is 1. The smallest absolute Gasteiger partial charge is 0.224 e. The van der Waals surface area contributed by atoms with E-state index in [1.165, 1.54) is 0 Å². The van der Waals surface area contributed by atoms with Crippen molar-refractivity contribution in [1.82, 2.24) is 5.32 Å². The van der Waals surface area contributed by atoms with Gasteiger partial charge in [-0.3, -0.25) is 4.79 Å². The number of carbonyl (C=O) groups excluding carboxylic acids is 1. The van der Waals surface area contributed by atoms with Crippen molar-refractivity contribution in [2.75, 3.05) is 7.05 Å². The lowest BCUT2D eigenvalue weighted by Crippen LogP contribution is -2.20. The van der Waals surface area contributed by atoms with Crippen molar-refractivity contribution in [3.63, 3.8) is 0 Å². The maximum Gasteiger partial charge on any atom is 0.224 e. The van der Waals surface area contributed by atoms with E-state index in [1.54, 1.807) is 25.2 Å². The lowest BCUT2D eigenvalue weighted by atomic mass is 10.1. The van der Waals surface area contributed by atoms with Crippen LogP contribution in [-0.2, 0) is 11.2 Å². The first-order valence-electron chi connectivity index (χ1n) is 4.78. The van der Waals surface area contributed by atoms with Crippen molar-refractivity contribution >= 4 is 29.1 Å². The second-order valence-corrected chi connectivity index (χ2v) is 3.43. The van der Waals surface area contributed by atoms with Crippen molar-refractivity contribution in [3.8, 4) is 0 Å². The highest BCUT2D eigenvalue weighted by atomic mass is 35.5. The highest BCUT2D eigenvalue weighted by molar-refractivity contribution is 6.35. The quantitative estimate of drug-likeness (QED) is 0.854. The molecule has 1 aromatic carbocycles. The number of rotatable bonds is 2. The van der Waals surface area contributed by atoms with Crippen molar-refractivity contribution in [3.05, 3.63) is 33.8 Å². The minimum Gasteiger partial charge on any atom is -0.359 e. The molecular weight excluding hydrogens is 233 g/mol. The largest absolute Gasteiger partial charge is 0.359 e. The van der Waals surface area contributed by atoms with Gasteiger partial charge in [-0.05, 0) is 17.7 Å². The van der Waals surface area contributed by atoms with E-state index in [9.17, 15) is 4.79 Å². The SMILES string of the molecule is CC.CNC(=O)Cc1ccc(Cl)cc1Cl. The van der Waals surface area contributed by atoms with Gasteiger partial charge in [0.05, 0.1) is 6.42 Å². The molecule has 1 aromatic rings. The normalized spacial score (nSPS) is 8.87. The van der Waals surface area contributed by atoms with Crippen molar-refractivity contribution in [2.24, 2.45) is 0 Å². The molecule has 0 saturated carbocycles. The van der Waals surface area contributed by atoms with Gasteiger partial charge in [-0.1, -0.05) is 43.1 Å². The number of amides is 1. The van der Waals surface area contributed by atoms with Crippen LogP contribution in [0.2, 0.25) is 10.0 Å². The van der Waals surface area contributed by atoms with Crippen LogP contribution in [0.4, 0.5) is 0 Å². The summed E-state index contributed by atoms with van der Waals surface area (Å²) in [5.74, 6) is -0.0655. The molecule has 0 heterocycles. The van der Waals surface area contributed by atoms with E-state index in [1.807, 2.05) is 13.8 Å². The van der Waals surface area contributed by atoms with Crippen LogP contribution in [0, 0.1) is 0 Å². The molecular formula is C11H15Cl2NO. The van der Waals surface area contributed by atoms with Crippen LogP contribution in [-0.4, -0.2) is 13.0 Å². The van der Waals surface area contributed by atoms with Crippen LogP contribution < -0.4 is 5.32 Å². The minimum atomic E-state index is -0.0655. The molecule has 84 valence electrons. The summed E-state index contributed by atoms with van der Waals surface area (Å²) in [6, 6.07) is 5.09. The summed E-state index contributed by atoms with van der Waals surface area (Å²) in [6.45, 7) is 4.00. The van der Waals surface area contributed by atoms with Crippen LogP contribution in [0.5, 0.6) is 0 Å². The average molecular weight is 248 g/mol. The molecule has 0 spiro atoms. The van der Waals surface area contributed by atoms with Gasteiger partial charge in [0.15, 0.2) is 0 Å². The second kappa shape index (κ2) is 7.55. The molecule has 0 aliphatic carbocycles. The summed E-state index contributed by atoms with van der Waals surface area (Å²) in [6.07, 6.45) is 0.284.